The van der Waals surface area contributed by atoms with Crippen molar-refractivity contribution in [1.82, 2.24) is 10.2 Å². The van der Waals surface area contributed by atoms with E-state index in [0.717, 1.165) is 30.3 Å². The first-order valence-electron chi connectivity index (χ1n) is 9.26. The lowest BCUT2D eigenvalue weighted by atomic mass is 10.0. The van der Waals surface area contributed by atoms with Gasteiger partial charge in [-0.3, -0.25) is 9.69 Å². The van der Waals surface area contributed by atoms with E-state index in [1.165, 1.54) is 12.1 Å². The molecule has 1 aliphatic rings. The first-order chi connectivity index (χ1) is 13.2. The molecule has 150 valence electrons. The molecule has 28 heavy (non-hydrogen) atoms. The number of nitrogens with one attached hydrogen (secondary N) is 2. The highest BCUT2D eigenvalue weighted by atomic mass is 19.4. The molecule has 1 fully saturated rings. The van der Waals surface area contributed by atoms with Crippen LogP contribution in [0.15, 0.2) is 36.4 Å². The number of rotatable bonds is 4. The van der Waals surface area contributed by atoms with Gasteiger partial charge in [-0.25, -0.2) is 0 Å². The van der Waals surface area contributed by atoms with E-state index in [0.29, 0.717) is 18.7 Å². The number of hydrogen-bond donors (Lipinski definition) is 2. The Morgan fingerprint density at radius 3 is 2.43 bits per heavy atom. The zero-order chi connectivity index (χ0) is 20.3. The molecule has 1 aliphatic heterocycles. The Kier molecular flexibility index (Phi) is 6.05. The van der Waals surface area contributed by atoms with Crippen LogP contribution >= 0.6 is 0 Å². The van der Waals surface area contributed by atoms with Crippen molar-refractivity contribution in [2.45, 2.75) is 26.6 Å². The van der Waals surface area contributed by atoms with Gasteiger partial charge in [0, 0.05) is 44.0 Å². The van der Waals surface area contributed by atoms with Crippen molar-refractivity contribution in [2.75, 3.05) is 31.5 Å². The quantitative estimate of drug-likeness (QED) is 0.829. The van der Waals surface area contributed by atoms with Crippen LogP contribution in [0.5, 0.6) is 0 Å². The van der Waals surface area contributed by atoms with Crippen molar-refractivity contribution in [3.8, 4) is 0 Å². The van der Waals surface area contributed by atoms with E-state index in [-0.39, 0.29) is 17.8 Å². The van der Waals surface area contributed by atoms with Crippen LogP contribution in [0, 0.1) is 13.8 Å². The van der Waals surface area contributed by atoms with Crippen LogP contribution in [0.3, 0.4) is 0 Å². The predicted molar refractivity (Wildman–Crippen MR) is 103 cm³/mol. The Morgan fingerprint density at radius 1 is 1.07 bits per heavy atom. The third kappa shape index (κ3) is 4.91. The second kappa shape index (κ2) is 8.32. The molecule has 0 atom stereocenters. The van der Waals surface area contributed by atoms with Gasteiger partial charge in [0.25, 0.3) is 5.91 Å². The third-order valence-electron chi connectivity index (χ3n) is 5.05. The second-order valence-electron chi connectivity index (χ2n) is 7.15. The summed E-state index contributed by atoms with van der Waals surface area (Å²) in [4.78, 5) is 14.4. The fourth-order valence-corrected chi connectivity index (χ4v) is 3.25. The maximum Gasteiger partial charge on any atom is 0.416 e. The number of nitrogens with zero attached hydrogens (tertiary/aromatic N) is 1. The Labute approximate surface area is 162 Å². The Hall–Kier alpha value is -2.38. The SMILES string of the molecule is Cc1ccc(C(=O)Nc2ccc(CN3CCNCC3)c(C(F)(F)F)c2)cc1C. The number of aryl methyl sites for hydroxylation is 2. The number of carbonyl (C=O) groups is 1. The molecule has 2 aromatic rings. The summed E-state index contributed by atoms with van der Waals surface area (Å²) in [6.07, 6.45) is -4.48. The van der Waals surface area contributed by atoms with Crippen LogP contribution < -0.4 is 10.6 Å². The summed E-state index contributed by atoms with van der Waals surface area (Å²) in [6, 6.07) is 9.24. The molecular weight excluding hydrogens is 367 g/mol. The lowest BCUT2D eigenvalue weighted by Crippen LogP contribution is -2.43. The molecule has 1 heterocycles. The summed E-state index contributed by atoms with van der Waals surface area (Å²) < 4.78 is 40.8. The largest absolute Gasteiger partial charge is 0.416 e. The number of anilines is 1. The summed E-state index contributed by atoms with van der Waals surface area (Å²) in [5, 5.41) is 5.77. The van der Waals surface area contributed by atoms with Crippen LogP contribution in [-0.4, -0.2) is 37.0 Å². The number of piperazine rings is 1. The number of benzene rings is 2. The molecule has 2 N–H and O–H groups in total. The van der Waals surface area contributed by atoms with Gasteiger partial charge in [0.2, 0.25) is 0 Å². The third-order valence-corrected chi connectivity index (χ3v) is 5.05. The average molecular weight is 391 g/mol. The maximum atomic E-state index is 13.6. The van der Waals surface area contributed by atoms with E-state index in [4.69, 9.17) is 0 Å². The van der Waals surface area contributed by atoms with Gasteiger partial charge in [-0.15, -0.1) is 0 Å². The van der Waals surface area contributed by atoms with Crippen molar-refractivity contribution in [2.24, 2.45) is 0 Å². The van der Waals surface area contributed by atoms with Gasteiger partial charge in [0.1, 0.15) is 0 Å². The molecular formula is C21H24F3N3O. The van der Waals surface area contributed by atoms with Crippen LogP contribution in [0.25, 0.3) is 0 Å². The van der Waals surface area contributed by atoms with Crippen molar-refractivity contribution < 1.29 is 18.0 Å². The normalized spacial score (nSPS) is 15.5. The Bertz CT molecular complexity index is 858. The molecule has 1 saturated heterocycles. The summed E-state index contributed by atoms with van der Waals surface area (Å²) in [5.74, 6) is -0.425. The van der Waals surface area contributed by atoms with Crippen LogP contribution in [0.1, 0.15) is 32.6 Å². The van der Waals surface area contributed by atoms with E-state index >= 15 is 0 Å². The van der Waals surface area contributed by atoms with Gasteiger partial charge >= 0.3 is 6.18 Å². The summed E-state index contributed by atoms with van der Waals surface area (Å²) in [5.41, 5.74) is 2.08. The number of amides is 1. The monoisotopic (exact) mass is 391 g/mol. The average Bonchev–Trinajstić information content (AvgIpc) is 2.65. The summed E-state index contributed by atoms with van der Waals surface area (Å²) in [7, 11) is 0. The summed E-state index contributed by atoms with van der Waals surface area (Å²) in [6.45, 7) is 7.02. The molecule has 0 aromatic heterocycles. The van der Waals surface area contributed by atoms with Crippen molar-refractivity contribution in [3.05, 3.63) is 64.2 Å². The zero-order valence-electron chi connectivity index (χ0n) is 16.0. The molecule has 1 amide bonds. The van der Waals surface area contributed by atoms with Gasteiger partial charge in [-0.2, -0.15) is 13.2 Å². The fourth-order valence-electron chi connectivity index (χ4n) is 3.25. The molecule has 0 saturated carbocycles. The van der Waals surface area contributed by atoms with Gasteiger partial charge < -0.3 is 10.6 Å². The van der Waals surface area contributed by atoms with Gasteiger partial charge in [-0.1, -0.05) is 12.1 Å². The Morgan fingerprint density at radius 2 is 1.79 bits per heavy atom. The lowest BCUT2D eigenvalue weighted by molar-refractivity contribution is -0.138. The molecule has 0 radical (unpaired) electrons. The zero-order valence-corrected chi connectivity index (χ0v) is 16.0. The minimum Gasteiger partial charge on any atom is -0.322 e. The summed E-state index contributed by atoms with van der Waals surface area (Å²) >= 11 is 0. The highest BCUT2D eigenvalue weighted by Crippen LogP contribution is 2.34. The van der Waals surface area contributed by atoms with E-state index in [9.17, 15) is 18.0 Å². The molecule has 0 unspecified atom stereocenters. The minimum atomic E-state index is -4.48. The van der Waals surface area contributed by atoms with E-state index in [1.54, 1.807) is 12.1 Å². The lowest BCUT2D eigenvalue weighted by Gasteiger charge is -2.28. The van der Waals surface area contributed by atoms with Crippen molar-refractivity contribution in [1.29, 1.82) is 0 Å². The van der Waals surface area contributed by atoms with Crippen LogP contribution in [0.2, 0.25) is 0 Å². The standard InChI is InChI=1S/C21H24F3N3O/c1-14-3-4-16(11-15(14)2)20(28)26-18-6-5-17(19(12-18)21(22,23)24)13-27-9-7-25-8-10-27/h3-6,11-12,25H,7-10,13H2,1-2H3,(H,26,28). The van der Waals surface area contributed by atoms with E-state index < -0.39 is 17.6 Å². The smallest absolute Gasteiger partial charge is 0.322 e. The molecule has 2 aromatic carbocycles. The maximum absolute atomic E-state index is 13.6. The van der Waals surface area contributed by atoms with Crippen LogP contribution in [0.4, 0.5) is 18.9 Å². The minimum absolute atomic E-state index is 0.139. The van der Waals surface area contributed by atoms with Crippen molar-refractivity contribution >= 4 is 11.6 Å². The van der Waals surface area contributed by atoms with E-state index in [2.05, 4.69) is 10.6 Å². The highest BCUT2D eigenvalue weighted by Gasteiger charge is 2.34. The topological polar surface area (TPSA) is 44.4 Å². The van der Waals surface area contributed by atoms with Gasteiger partial charge in [-0.05, 0) is 54.8 Å². The van der Waals surface area contributed by atoms with E-state index in [1.807, 2.05) is 24.8 Å². The number of halogens is 3. The molecule has 7 heteroatoms. The van der Waals surface area contributed by atoms with Crippen molar-refractivity contribution in [3.63, 3.8) is 0 Å². The van der Waals surface area contributed by atoms with Crippen LogP contribution in [-0.2, 0) is 12.7 Å². The first kappa shape index (κ1) is 20.4. The molecule has 0 bridgehead atoms. The Balaban J connectivity index is 1.81. The predicted octanol–water partition coefficient (Wildman–Crippen LogP) is 3.98. The molecule has 0 spiro atoms. The molecule has 3 rings (SSSR count). The fraction of sp³-hybridized carbons (Fsp3) is 0.381. The highest BCUT2D eigenvalue weighted by molar-refractivity contribution is 6.04. The molecule has 0 aliphatic carbocycles. The first-order valence-corrected chi connectivity index (χ1v) is 9.26. The van der Waals surface area contributed by atoms with Gasteiger partial charge in [0.15, 0.2) is 0 Å². The molecule has 4 nitrogen and oxygen atoms in total. The number of alkyl halides is 3. The van der Waals surface area contributed by atoms with Gasteiger partial charge in [0.05, 0.1) is 5.56 Å². The number of hydrogen-bond acceptors (Lipinski definition) is 3. The second-order valence-corrected chi connectivity index (χ2v) is 7.15. The number of carbonyl (C=O) groups excluding carboxylic acids is 1.